The minimum Gasteiger partial charge on any atom is -0.481 e. The van der Waals surface area contributed by atoms with E-state index in [1.54, 1.807) is 36.7 Å². The molecule has 0 unspecified atom stereocenters. The van der Waals surface area contributed by atoms with Crippen molar-refractivity contribution in [2.45, 2.75) is 6.42 Å². The topological polar surface area (TPSA) is 97.1 Å². The lowest BCUT2D eigenvalue weighted by Gasteiger charge is -2.05. The number of nitrogens with one attached hydrogen (secondary N) is 1. The third-order valence-electron chi connectivity index (χ3n) is 2.42. The summed E-state index contributed by atoms with van der Waals surface area (Å²) in [5.74, 6) is -1.26. The van der Waals surface area contributed by atoms with Crippen molar-refractivity contribution in [3.05, 3.63) is 42.2 Å². The van der Waals surface area contributed by atoms with Crippen LogP contribution in [-0.2, 0) is 4.79 Å². The van der Waals surface area contributed by atoms with Gasteiger partial charge in [0.2, 0.25) is 0 Å². The normalized spacial score (nSPS) is 10.1. The summed E-state index contributed by atoms with van der Waals surface area (Å²) < 4.78 is 1.54. The minimum absolute atomic E-state index is 0.0989. The van der Waals surface area contributed by atoms with E-state index in [1.807, 2.05) is 0 Å². The number of aromatic nitrogens is 3. The minimum atomic E-state index is -0.948. The van der Waals surface area contributed by atoms with Crippen LogP contribution in [0.5, 0.6) is 0 Å². The fourth-order valence-corrected chi connectivity index (χ4v) is 1.52. The molecule has 0 aliphatic heterocycles. The first-order valence-electron chi connectivity index (χ1n) is 5.63. The molecule has 7 nitrogen and oxygen atoms in total. The Morgan fingerprint density at radius 3 is 2.89 bits per heavy atom. The standard InChI is InChI=1S/C12H12N4O3/c17-11(18)4-5-13-12(19)9-2-1-3-10(8-9)16-7-6-14-15-16/h1-3,6-8H,4-5H2,(H,13,19)(H,17,18). The van der Waals surface area contributed by atoms with E-state index in [2.05, 4.69) is 15.6 Å². The third-order valence-corrected chi connectivity index (χ3v) is 2.42. The van der Waals surface area contributed by atoms with Crippen molar-refractivity contribution < 1.29 is 14.7 Å². The molecule has 0 saturated carbocycles. The fourth-order valence-electron chi connectivity index (χ4n) is 1.52. The quantitative estimate of drug-likeness (QED) is 0.814. The Hall–Kier alpha value is -2.70. The molecule has 0 saturated heterocycles. The van der Waals surface area contributed by atoms with Gasteiger partial charge in [0.25, 0.3) is 5.91 Å². The zero-order valence-corrected chi connectivity index (χ0v) is 9.98. The van der Waals surface area contributed by atoms with Gasteiger partial charge in [0.15, 0.2) is 0 Å². The second-order valence-corrected chi connectivity index (χ2v) is 3.80. The summed E-state index contributed by atoms with van der Waals surface area (Å²) in [6, 6.07) is 6.83. The fraction of sp³-hybridized carbons (Fsp3) is 0.167. The summed E-state index contributed by atoms with van der Waals surface area (Å²) >= 11 is 0. The predicted molar refractivity (Wildman–Crippen MR) is 65.9 cm³/mol. The first kappa shape index (κ1) is 12.7. The van der Waals surface area contributed by atoms with Gasteiger partial charge in [-0.3, -0.25) is 9.59 Å². The SMILES string of the molecule is O=C(O)CCNC(=O)c1cccc(-n2ccnn2)c1. The van der Waals surface area contributed by atoms with Crippen molar-refractivity contribution in [1.82, 2.24) is 20.3 Å². The molecular formula is C12H12N4O3. The molecule has 98 valence electrons. The van der Waals surface area contributed by atoms with Crippen LogP contribution in [0, 0.1) is 0 Å². The number of carboxylic acids is 1. The van der Waals surface area contributed by atoms with E-state index >= 15 is 0 Å². The van der Waals surface area contributed by atoms with Crippen molar-refractivity contribution in [2.24, 2.45) is 0 Å². The van der Waals surface area contributed by atoms with Gasteiger partial charge in [0, 0.05) is 12.1 Å². The molecule has 19 heavy (non-hydrogen) atoms. The van der Waals surface area contributed by atoms with Crippen LogP contribution < -0.4 is 5.32 Å². The highest BCUT2D eigenvalue weighted by Gasteiger charge is 2.07. The Morgan fingerprint density at radius 2 is 2.21 bits per heavy atom. The second kappa shape index (κ2) is 5.76. The lowest BCUT2D eigenvalue weighted by Crippen LogP contribution is -2.26. The van der Waals surface area contributed by atoms with Gasteiger partial charge in [-0.15, -0.1) is 5.10 Å². The average molecular weight is 260 g/mol. The predicted octanol–water partition coefficient (Wildman–Crippen LogP) is 0.472. The van der Waals surface area contributed by atoms with Crippen molar-refractivity contribution in [2.75, 3.05) is 6.54 Å². The molecule has 0 aliphatic carbocycles. The molecule has 1 aromatic heterocycles. The van der Waals surface area contributed by atoms with Gasteiger partial charge < -0.3 is 10.4 Å². The number of rotatable bonds is 5. The monoisotopic (exact) mass is 260 g/mol. The molecule has 1 aromatic carbocycles. The number of hydrogen-bond donors (Lipinski definition) is 2. The van der Waals surface area contributed by atoms with E-state index < -0.39 is 5.97 Å². The highest BCUT2D eigenvalue weighted by atomic mass is 16.4. The van der Waals surface area contributed by atoms with Gasteiger partial charge in [-0.1, -0.05) is 11.3 Å². The summed E-state index contributed by atoms with van der Waals surface area (Å²) in [6.45, 7) is 0.0989. The van der Waals surface area contributed by atoms with E-state index in [0.29, 0.717) is 11.3 Å². The molecule has 7 heteroatoms. The van der Waals surface area contributed by atoms with Gasteiger partial charge in [-0.2, -0.15) is 0 Å². The summed E-state index contributed by atoms with van der Waals surface area (Å²) in [7, 11) is 0. The maximum atomic E-state index is 11.8. The molecule has 0 radical (unpaired) electrons. The van der Waals surface area contributed by atoms with Crippen LogP contribution in [0.3, 0.4) is 0 Å². The van der Waals surface area contributed by atoms with Crippen LogP contribution >= 0.6 is 0 Å². The van der Waals surface area contributed by atoms with Crippen LogP contribution in [0.2, 0.25) is 0 Å². The van der Waals surface area contributed by atoms with Crippen molar-refractivity contribution in [3.8, 4) is 5.69 Å². The summed E-state index contributed by atoms with van der Waals surface area (Å²) in [6.07, 6.45) is 3.11. The number of aliphatic carboxylic acids is 1. The van der Waals surface area contributed by atoms with Crippen LogP contribution in [0.15, 0.2) is 36.7 Å². The number of nitrogens with zero attached hydrogens (tertiary/aromatic N) is 3. The number of hydrogen-bond acceptors (Lipinski definition) is 4. The van der Waals surface area contributed by atoms with Crippen LogP contribution in [0.4, 0.5) is 0 Å². The van der Waals surface area contributed by atoms with E-state index in [0.717, 1.165) is 0 Å². The number of carbonyl (C=O) groups is 2. The van der Waals surface area contributed by atoms with Gasteiger partial charge in [-0.25, -0.2) is 4.68 Å². The Labute approximate surface area is 108 Å². The maximum absolute atomic E-state index is 11.8. The highest BCUT2D eigenvalue weighted by Crippen LogP contribution is 2.08. The molecule has 0 atom stereocenters. The first-order valence-corrected chi connectivity index (χ1v) is 5.63. The molecule has 0 spiro atoms. The lowest BCUT2D eigenvalue weighted by molar-refractivity contribution is -0.136. The molecule has 2 aromatic rings. The maximum Gasteiger partial charge on any atom is 0.305 e. The first-order chi connectivity index (χ1) is 9.16. The highest BCUT2D eigenvalue weighted by molar-refractivity contribution is 5.94. The lowest BCUT2D eigenvalue weighted by atomic mass is 10.2. The van der Waals surface area contributed by atoms with E-state index in [-0.39, 0.29) is 18.9 Å². The Bertz CT molecular complexity index is 580. The molecule has 2 N–H and O–H groups in total. The molecule has 0 aliphatic rings. The number of carboxylic acid groups (broad SMARTS) is 1. The van der Waals surface area contributed by atoms with Crippen molar-refractivity contribution >= 4 is 11.9 Å². The van der Waals surface area contributed by atoms with E-state index in [4.69, 9.17) is 5.11 Å². The van der Waals surface area contributed by atoms with E-state index in [9.17, 15) is 9.59 Å². The van der Waals surface area contributed by atoms with Crippen LogP contribution in [-0.4, -0.2) is 38.5 Å². The molecule has 2 rings (SSSR count). The Kier molecular flexibility index (Phi) is 3.87. The smallest absolute Gasteiger partial charge is 0.305 e. The van der Waals surface area contributed by atoms with Crippen LogP contribution in [0.25, 0.3) is 5.69 Å². The van der Waals surface area contributed by atoms with Crippen LogP contribution in [0.1, 0.15) is 16.8 Å². The molecule has 0 fully saturated rings. The summed E-state index contributed by atoms with van der Waals surface area (Å²) in [5.41, 5.74) is 1.15. The number of amides is 1. The van der Waals surface area contributed by atoms with Crippen molar-refractivity contribution in [3.63, 3.8) is 0 Å². The zero-order valence-electron chi connectivity index (χ0n) is 9.98. The summed E-state index contributed by atoms with van der Waals surface area (Å²) in [4.78, 5) is 22.2. The van der Waals surface area contributed by atoms with E-state index in [1.165, 1.54) is 4.68 Å². The molecule has 1 amide bonds. The molecule has 1 heterocycles. The summed E-state index contributed by atoms with van der Waals surface area (Å²) in [5, 5.41) is 18.6. The Morgan fingerprint density at radius 1 is 1.37 bits per heavy atom. The average Bonchev–Trinajstić information content (AvgIpc) is 2.92. The molecule has 0 bridgehead atoms. The van der Waals surface area contributed by atoms with Gasteiger partial charge in [-0.05, 0) is 18.2 Å². The van der Waals surface area contributed by atoms with Gasteiger partial charge >= 0.3 is 5.97 Å². The second-order valence-electron chi connectivity index (χ2n) is 3.80. The Balaban J connectivity index is 2.06. The number of benzene rings is 1. The third kappa shape index (κ3) is 3.38. The largest absolute Gasteiger partial charge is 0.481 e. The number of carbonyl (C=O) groups excluding carboxylic acids is 1. The van der Waals surface area contributed by atoms with Gasteiger partial charge in [0.1, 0.15) is 0 Å². The zero-order chi connectivity index (χ0) is 13.7. The van der Waals surface area contributed by atoms with Gasteiger partial charge in [0.05, 0.1) is 24.5 Å². The van der Waals surface area contributed by atoms with Crippen molar-refractivity contribution in [1.29, 1.82) is 0 Å². The molecular weight excluding hydrogens is 248 g/mol.